The zero-order valence-electron chi connectivity index (χ0n) is 14.8. The molecular weight excluding hydrogens is 348 g/mol. The Morgan fingerprint density at radius 1 is 1.00 bits per heavy atom. The summed E-state index contributed by atoms with van der Waals surface area (Å²) < 4.78 is 1.09. The quantitative estimate of drug-likeness (QED) is 0.636. The number of anilines is 3. The molecule has 0 saturated heterocycles. The molecule has 26 heavy (non-hydrogen) atoms. The van der Waals surface area contributed by atoms with Crippen LogP contribution in [0.4, 0.5) is 17.1 Å². The van der Waals surface area contributed by atoms with E-state index in [-0.39, 0.29) is 11.8 Å². The normalized spacial score (nSPS) is 11.8. The Labute approximate surface area is 155 Å². The van der Waals surface area contributed by atoms with Crippen LogP contribution in [0.2, 0.25) is 0 Å². The second kappa shape index (κ2) is 7.53. The third kappa shape index (κ3) is 4.37. The van der Waals surface area contributed by atoms with Gasteiger partial charge in [0.1, 0.15) is 6.04 Å². The van der Waals surface area contributed by atoms with Crippen LogP contribution in [0, 0.1) is 6.92 Å². The smallest absolute Gasteiger partial charge is 0.246 e. The largest absolute Gasteiger partial charge is 0.374 e. The molecule has 0 saturated carbocycles. The zero-order chi connectivity index (χ0) is 18.7. The van der Waals surface area contributed by atoms with Crippen molar-refractivity contribution in [2.45, 2.75) is 26.8 Å². The summed E-state index contributed by atoms with van der Waals surface area (Å²) in [7, 11) is 0. The average Bonchev–Trinajstić information content (AvgIpc) is 2.95. The van der Waals surface area contributed by atoms with E-state index in [1.54, 1.807) is 35.6 Å². The maximum absolute atomic E-state index is 12.4. The SMILES string of the molecule is CC(=O)Nc1ccc(NC(=O)[C@H](C)Nc2ccc3nc(C)sc3c2)cc1. The van der Waals surface area contributed by atoms with Crippen molar-refractivity contribution in [2.24, 2.45) is 0 Å². The summed E-state index contributed by atoms with van der Waals surface area (Å²) in [6.45, 7) is 5.24. The molecule has 1 heterocycles. The predicted molar refractivity (Wildman–Crippen MR) is 107 cm³/mol. The number of thiazole rings is 1. The van der Waals surface area contributed by atoms with Gasteiger partial charge in [0.15, 0.2) is 0 Å². The number of aryl methyl sites for hydroxylation is 1. The first-order valence-corrected chi connectivity index (χ1v) is 9.04. The molecule has 6 nitrogen and oxygen atoms in total. The summed E-state index contributed by atoms with van der Waals surface area (Å²) in [4.78, 5) is 27.9. The van der Waals surface area contributed by atoms with E-state index in [1.165, 1.54) is 6.92 Å². The molecule has 2 aromatic carbocycles. The van der Waals surface area contributed by atoms with Crippen LogP contribution < -0.4 is 16.0 Å². The molecule has 3 N–H and O–H groups in total. The second-order valence-electron chi connectivity index (χ2n) is 6.03. The van der Waals surface area contributed by atoms with Crippen molar-refractivity contribution in [2.75, 3.05) is 16.0 Å². The average molecular weight is 368 g/mol. The van der Waals surface area contributed by atoms with Crippen molar-refractivity contribution < 1.29 is 9.59 Å². The third-order valence-electron chi connectivity index (χ3n) is 3.74. The Morgan fingerprint density at radius 2 is 1.62 bits per heavy atom. The Bertz CT molecular complexity index is 950. The lowest BCUT2D eigenvalue weighted by atomic mass is 10.2. The number of hydrogen-bond acceptors (Lipinski definition) is 5. The Kier molecular flexibility index (Phi) is 5.18. The molecule has 134 valence electrons. The minimum absolute atomic E-state index is 0.132. The first-order valence-electron chi connectivity index (χ1n) is 8.23. The van der Waals surface area contributed by atoms with E-state index in [4.69, 9.17) is 0 Å². The van der Waals surface area contributed by atoms with Crippen LogP contribution in [0.25, 0.3) is 10.2 Å². The van der Waals surface area contributed by atoms with Gasteiger partial charge in [-0.1, -0.05) is 0 Å². The highest BCUT2D eigenvalue weighted by molar-refractivity contribution is 7.18. The molecule has 0 aliphatic rings. The maximum Gasteiger partial charge on any atom is 0.246 e. The van der Waals surface area contributed by atoms with Gasteiger partial charge in [-0.2, -0.15) is 0 Å². The van der Waals surface area contributed by atoms with Crippen LogP contribution in [0.5, 0.6) is 0 Å². The van der Waals surface area contributed by atoms with Gasteiger partial charge >= 0.3 is 0 Å². The molecule has 0 radical (unpaired) electrons. The molecular formula is C19H20N4O2S. The number of amides is 2. The fourth-order valence-corrected chi connectivity index (χ4v) is 3.40. The van der Waals surface area contributed by atoms with E-state index >= 15 is 0 Å². The number of fused-ring (bicyclic) bond motifs is 1. The molecule has 2 amide bonds. The lowest BCUT2D eigenvalue weighted by Gasteiger charge is -2.15. The van der Waals surface area contributed by atoms with E-state index in [9.17, 15) is 9.59 Å². The molecule has 0 bridgehead atoms. The van der Waals surface area contributed by atoms with Crippen LogP contribution in [-0.2, 0) is 9.59 Å². The lowest BCUT2D eigenvalue weighted by Crippen LogP contribution is -2.31. The van der Waals surface area contributed by atoms with Crippen molar-refractivity contribution in [3.63, 3.8) is 0 Å². The number of benzene rings is 2. The summed E-state index contributed by atoms with van der Waals surface area (Å²) in [5.74, 6) is -0.273. The molecule has 1 atom stereocenters. The summed E-state index contributed by atoms with van der Waals surface area (Å²) in [6, 6.07) is 12.5. The fourth-order valence-electron chi connectivity index (χ4n) is 2.54. The van der Waals surface area contributed by atoms with Crippen molar-refractivity contribution in [1.82, 2.24) is 4.98 Å². The van der Waals surface area contributed by atoms with Gasteiger partial charge in [0.25, 0.3) is 0 Å². The van der Waals surface area contributed by atoms with Crippen molar-refractivity contribution in [1.29, 1.82) is 0 Å². The number of carbonyl (C=O) groups excluding carboxylic acids is 2. The molecule has 7 heteroatoms. The maximum atomic E-state index is 12.4. The van der Waals surface area contributed by atoms with Crippen LogP contribution in [0.3, 0.4) is 0 Å². The number of rotatable bonds is 5. The summed E-state index contributed by atoms with van der Waals surface area (Å²) in [6.07, 6.45) is 0. The topological polar surface area (TPSA) is 83.1 Å². The van der Waals surface area contributed by atoms with Crippen LogP contribution >= 0.6 is 11.3 Å². The number of nitrogens with one attached hydrogen (secondary N) is 3. The molecule has 3 rings (SSSR count). The van der Waals surface area contributed by atoms with Gasteiger partial charge in [-0.25, -0.2) is 4.98 Å². The van der Waals surface area contributed by atoms with E-state index in [0.717, 1.165) is 20.9 Å². The lowest BCUT2D eigenvalue weighted by molar-refractivity contribution is -0.116. The molecule has 3 aromatic rings. The van der Waals surface area contributed by atoms with Gasteiger partial charge in [-0.3, -0.25) is 9.59 Å². The third-order valence-corrected chi connectivity index (χ3v) is 4.68. The predicted octanol–water partition coefficient (Wildman–Crippen LogP) is 4.00. The number of hydrogen-bond donors (Lipinski definition) is 3. The Hall–Kier alpha value is -2.93. The molecule has 0 fully saturated rings. The number of carbonyl (C=O) groups is 2. The van der Waals surface area contributed by atoms with E-state index < -0.39 is 6.04 Å². The van der Waals surface area contributed by atoms with E-state index in [1.807, 2.05) is 32.0 Å². The fraction of sp³-hybridized carbons (Fsp3) is 0.211. The second-order valence-corrected chi connectivity index (χ2v) is 7.26. The molecule has 0 aliphatic carbocycles. The van der Waals surface area contributed by atoms with E-state index in [2.05, 4.69) is 20.9 Å². The van der Waals surface area contributed by atoms with Crippen LogP contribution in [0.1, 0.15) is 18.9 Å². The molecule has 0 unspecified atom stereocenters. The number of aromatic nitrogens is 1. The van der Waals surface area contributed by atoms with E-state index in [0.29, 0.717) is 11.4 Å². The van der Waals surface area contributed by atoms with Crippen molar-refractivity contribution >= 4 is 50.4 Å². The van der Waals surface area contributed by atoms with Crippen molar-refractivity contribution in [3.05, 3.63) is 47.5 Å². The van der Waals surface area contributed by atoms with Gasteiger partial charge in [0.05, 0.1) is 15.2 Å². The zero-order valence-corrected chi connectivity index (χ0v) is 15.6. The first kappa shape index (κ1) is 17.9. The highest BCUT2D eigenvalue weighted by Crippen LogP contribution is 2.25. The van der Waals surface area contributed by atoms with Gasteiger partial charge in [0, 0.05) is 24.0 Å². The summed E-state index contributed by atoms with van der Waals surface area (Å²) in [5, 5.41) is 9.78. The minimum atomic E-state index is -0.406. The molecule has 0 spiro atoms. The standard InChI is InChI=1S/C19H20N4O2S/c1-11(20-16-8-9-17-18(10-16)26-13(3)22-17)19(25)23-15-6-4-14(5-7-15)21-12(2)24/h4-11,20H,1-3H3,(H,21,24)(H,23,25)/t11-/m0/s1. The highest BCUT2D eigenvalue weighted by atomic mass is 32.1. The Balaban J connectivity index is 1.62. The Morgan fingerprint density at radius 3 is 2.27 bits per heavy atom. The highest BCUT2D eigenvalue weighted by Gasteiger charge is 2.13. The first-order chi connectivity index (χ1) is 12.4. The molecule has 1 aromatic heterocycles. The summed E-state index contributed by atoms with van der Waals surface area (Å²) >= 11 is 1.63. The monoisotopic (exact) mass is 368 g/mol. The summed E-state index contributed by atoms with van der Waals surface area (Å²) in [5.41, 5.74) is 3.21. The van der Waals surface area contributed by atoms with Crippen LogP contribution in [0.15, 0.2) is 42.5 Å². The van der Waals surface area contributed by atoms with Gasteiger partial charge in [-0.05, 0) is 56.3 Å². The molecule has 0 aliphatic heterocycles. The van der Waals surface area contributed by atoms with Crippen LogP contribution in [-0.4, -0.2) is 22.8 Å². The van der Waals surface area contributed by atoms with Gasteiger partial charge in [0.2, 0.25) is 11.8 Å². The number of nitrogens with zero attached hydrogens (tertiary/aromatic N) is 1. The van der Waals surface area contributed by atoms with Gasteiger partial charge in [-0.15, -0.1) is 11.3 Å². The van der Waals surface area contributed by atoms with Gasteiger partial charge < -0.3 is 16.0 Å². The van der Waals surface area contributed by atoms with Crippen molar-refractivity contribution in [3.8, 4) is 0 Å². The minimum Gasteiger partial charge on any atom is -0.374 e.